The minimum atomic E-state index is -3.77. The van der Waals surface area contributed by atoms with E-state index in [0.29, 0.717) is 30.1 Å². The van der Waals surface area contributed by atoms with Crippen molar-refractivity contribution in [2.45, 2.75) is 44.1 Å². The number of carbonyl (C=O) groups is 2. The number of anilines is 1. The molecule has 2 aromatic carbocycles. The number of sulfonamides is 1. The smallest absolute Gasteiger partial charge is 0.265 e. The van der Waals surface area contributed by atoms with Crippen molar-refractivity contribution in [1.29, 1.82) is 0 Å². The molecule has 0 unspecified atom stereocenters. The molecule has 1 atom stereocenters. The predicted octanol–water partition coefficient (Wildman–Crippen LogP) is 2.85. The van der Waals surface area contributed by atoms with Gasteiger partial charge in [0.25, 0.3) is 11.8 Å². The monoisotopic (exact) mass is 471 g/mol. The highest BCUT2D eigenvalue weighted by Gasteiger charge is 2.32. The number of rotatable bonds is 3. The standard InChI is InChI=1S/C24H29N3O5S/c1-16-22(28)25-20-15-19(9-10-21(20)32-16)33(30,31)27-13-11-26(12-14-27)23(29)17-5-7-18(8-6-17)24(2,3)4/h5-10,15-16H,11-14H2,1-4H3,(H,25,28)/t16-/m1/s1. The molecule has 33 heavy (non-hydrogen) atoms. The summed E-state index contributed by atoms with van der Waals surface area (Å²) < 4.78 is 33.2. The maximum absolute atomic E-state index is 13.2. The first-order chi connectivity index (χ1) is 15.5. The number of hydrogen-bond acceptors (Lipinski definition) is 5. The van der Waals surface area contributed by atoms with Gasteiger partial charge >= 0.3 is 0 Å². The molecule has 0 saturated carbocycles. The van der Waals surface area contributed by atoms with Gasteiger partial charge in [0.2, 0.25) is 10.0 Å². The molecule has 2 amide bonds. The molecule has 9 heteroatoms. The van der Waals surface area contributed by atoms with Crippen LogP contribution in [0.15, 0.2) is 47.4 Å². The molecule has 0 aromatic heterocycles. The zero-order valence-corrected chi connectivity index (χ0v) is 20.1. The fraction of sp³-hybridized carbons (Fsp3) is 0.417. The number of hydrogen-bond donors (Lipinski definition) is 1. The summed E-state index contributed by atoms with van der Waals surface area (Å²) in [6.07, 6.45) is -0.629. The summed E-state index contributed by atoms with van der Waals surface area (Å²) in [7, 11) is -3.77. The molecule has 4 rings (SSSR count). The molecule has 1 fully saturated rings. The van der Waals surface area contributed by atoms with E-state index in [2.05, 4.69) is 26.1 Å². The highest BCUT2D eigenvalue weighted by molar-refractivity contribution is 7.89. The topological polar surface area (TPSA) is 96.0 Å². The number of benzene rings is 2. The Hall–Kier alpha value is -2.91. The number of piperazine rings is 1. The van der Waals surface area contributed by atoms with E-state index in [1.54, 1.807) is 17.9 Å². The van der Waals surface area contributed by atoms with Crippen LogP contribution in [0.4, 0.5) is 5.69 Å². The summed E-state index contributed by atoms with van der Waals surface area (Å²) in [4.78, 5) is 26.5. The lowest BCUT2D eigenvalue weighted by Crippen LogP contribution is -2.50. The normalized spacial score (nSPS) is 19.5. The van der Waals surface area contributed by atoms with Crippen molar-refractivity contribution in [1.82, 2.24) is 9.21 Å². The minimum absolute atomic E-state index is 0.00539. The predicted molar refractivity (Wildman–Crippen MR) is 125 cm³/mol. The van der Waals surface area contributed by atoms with Crippen LogP contribution < -0.4 is 10.1 Å². The molecule has 0 bridgehead atoms. The average molecular weight is 472 g/mol. The molecule has 1 saturated heterocycles. The molecule has 0 radical (unpaired) electrons. The molecule has 0 spiro atoms. The zero-order chi connectivity index (χ0) is 24.0. The van der Waals surface area contributed by atoms with Gasteiger partial charge in [0.05, 0.1) is 10.6 Å². The largest absolute Gasteiger partial charge is 0.479 e. The molecule has 2 aromatic rings. The van der Waals surface area contributed by atoms with Crippen molar-refractivity contribution in [3.8, 4) is 5.75 Å². The highest BCUT2D eigenvalue weighted by atomic mass is 32.2. The van der Waals surface area contributed by atoms with Crippen LogP contribution in [0.2, 0.25) is 0 Å². The molecular formula is C24H29N3O5S. The first-order valence-corrected chi connectivity index (χ1v) is 12.4. The molecule has 0 aliphatic carbocycles. The molecular weight excluding hydrogens is 442 g/mol. The van der Waals surface area contributed by atoms with E-state index in [-0.39, 0.29) is 35.2 Å². The summed E-state index contributed by atoms with van der Waals surface area (Å²) in [6, 6.07) is 12.0. The third-order valence-corrected chi connectivity index (χ3v) is 7.94. The number of nitrogens with zero attached hydrogens (tertiary/aromatic N) is 2. The van der Waals surface area contributed by atoms with Crippen LogP contribution in [0.3, 0.4) is 0 Å². The van der Waals surface area contributed by atoms with E-state index in [1.807, 2.05) is 24.3 Å². The van der Waals surface area contributed by atoms with Gasteiger partial charge in [0.1, 0.15) is 5.75 Å². The van der Waals surface area contributed by atoms with E-state index >= 15 is 0 Å². The van der Waals surface area contributed by atoms with Crippen molar-refractivity contribution in [3.63, 3.8) is 0 Å². The Balaban J connectivity index is 1.43. The number of amides is 2. The minimum Gasteiger partial charge on any atom is -0.479 e. The Morgan fingerprint density at radius 1 is 1.03 bits per heavy atom. The SMILES string of the molecule is C[C@H]1Oc2ccc(S(=O)(=O)N3CCN(C(=O)c4ccc(C(C)(C)C)cc4)CC3)cc2NC1=O. The van der Waals surface area contributed by atoms with Crippen molar-refractivity contribution >= 4 is 27.5 Å². The fourth-order valence-corrected chi connectivity index (χ4v) is 5.37. The second kappa shape index (κ2) is 8.46. The Bertz CT molecular complexity index is 1180. The molecule has 2 aliphatic heterocycles. The quantitative estimate of drug-likeness (QED) is 0.743. The Morgan fingerprint density at radius 2 is 1.67 bits per heavy atom. The third-order valence-electron chi connectivity index (χ3n) is 6.04. The first-order valence-electron chi connectivity index (χ1n) is 11.0. The molecule has 1 N–H and O–H groups in total. The molecule has 2 aliphatic rings. The lowest BCUT2D eigenvalue weighted by molar-refractivity contribution is -0.122. The van der Waals surface area contributed by atoms with E-state index in [1.165, 1.54) is 16.4 Å². The lowest BCUT2D eigenvalue weighted by atomic mass is 9.86. The van der Waals surface area contributed by atoms with Crippen LogP contribution in [0.1, 0.15) is 43.6 Å². The van der Waals surface area contributed by atoms with Crippen molar-refractivity contribution in [2.24, 2.45) is 0 Å². The van der Waals surface area contributed by atoms with E-state index in [0.717, 1.165) is 5.56 Å². The Kier molecular flexibility index (Phi) is 5.96. The van der Waals surface area contributed by atoms with Gasteiger partial charge in [0, 0.05) is 31.7 Å². The fourth-order valence-electron chi connectivity index (χ4n) is 3.92. The average Bonchev–Trinajstić information content (AvgIpc) is 2.78. The van der Waals surface area contributed by atoms with Crippen LogP contribution in [-0.2, 0) is 20.2 Å². The first kappa shape index (κ1) is 23.3. The number of fused-ring (bicyclic) bond motifs is 1. The van der Waals surface area contributed by atoms with E-state index in [9.17, 15) is 18.0 Å². The van der Waals surface area contributed by atoms with Gasteiger partial charge in [-0.25, -0.2) is 8.42 Å². The van der Waals surface area contributed by atoms with Gasteiger partial charge in [-0.3, -0.25) is 9.59 Å². The van der Waals surface area contributed by atoms with Crippen LogP contribution in [-0.4, -0.2) is 61.7 Å². The highest BCUT2D eigenvalue weighted by Crippen LogP contribution is 2.33. The van der Waals surface area contributed by atoms with Crippen LogP contribution >= 0.6 is 0 Å². The van der Waals surface area contributed by atoms with Gasteiger partial charge in [-0.05, 0) is 48.2 Å². The van der Waals surface area contributed by atoms with Gasteiger partial charge in [-0.2, -0.15) is 4.31 Å². The maximum Gasteiger partial charge on any atom is 0.265 e. The maximum atomic E-state index is 13.2. The van der Waals surface area contributed by atoms with E-state index in [4.69, 9.17) is 4.74 Å². The van der Waals surface area contributed by atoms with Gasteiger partial charge in [-0.1, -0.05) is 32.9 Å². The summed E-state index contributed by atoms with van der Waals surface area (Å²) >= 11 is 0. The second-order valence-electron chi connectivity index (χ2n) is 9.43. The molecule has 176 valence electrons. The number of nitrogens with one attached hydrogen (secondary N) is 1. The van der Waals surface area contributed by atoms with Crippen LogP contribution in [0.5, 0.6) is 5.75 Å². The van der Waals surface area contributed by atoms with Gasteiger partial charge < -0.3 is 15.0 Å². The lowest BCUT2D eigenvalue weighted by Gasteiger charge is -2.34. The summed E-state index contributed by atoms with van der Waals surface area (Å²) in [5.74, 6) is 0.0175. The number of ether oxygens (including phenoxy) is 1. The van der Waals surface area contributed by atoms with Crippen molar-refractivity contribution in [3.05, 3.63) is 53.6 Å². The van der Waals surface area contributed by atoms with Crippen molar-refractivity contribution in [2.75, 3.05) is 31.5 Å². The Morgan fingerprint density at radius 3 is 2.27 bits per heavy atom. The summed E-state index contributed by atoms with van der Waals surface area (Å²) in [6.45, 7) is 9.00. The van der Waals surface area contributed by atoms with Crippen molar-refractivity contribution < 1.29 is 22.7 Å². The summed E-state index contributed by atoms with van der Waals surface area (Å²) in [5.41, 5.74) is 2.09. The molecule has 8 nitrogen and oxygen atoms in total. The van der Waals surface area contributed by atoms with Gasteiger partial charge in [0.15, 0.2) is 6.10 Å². The van der Waals surface area contributed by atoms with Crippen LogP contribution in [0, 0.1) is 0 Å². The second-order valence-corrected chi connectivity index (χ2v) is 11.4. The summed E-state index contributed by atoms with van der Waals surface area (Å²) in [5, 5.41) is 2.68. The number of carbonyl (C=O) groups excluding carboxylic acids is 2. The Labute approximate surface area is 194 Å². The van der Waals surface area contributed by atoms with E-state index < -0.39 is 16.1 Å². The molecule has 2 heterocycles. The van der Waals surface area contributed by atoms with Gasteiger partial charge in [-0.15, -0.1) is 0 Å². The third kappa shape index (κ3) is 4.60. The van der Waals surface area contributed by atoms with Crippen LogP contribution in [0.25, 0.3) is 0 Å². The zero-order valence-electron chi connectivity index (χ0n) is 19.3.